The van der Waals surface area contributed by atoms with Gasteiger partial charge in [0.25, 0.3) is 0 Å². The van der Waals surface area contributed by atoms with Crippen LogP contribution in [-0.2, 0) is 4.79 Å². The van der Waals surface area contributed by atoms with E-state index < -0.39 is 0 Å². The second-order valence-corrected chi connectivity index (χ2v) is 7.87. The van der Waals surface area contributed by atoms with Crippen LogP contribution in [0.25, 0.3) is 0 Å². The van der Waals surface area contributed by atoms with Gasteiger partial charge in [-0.25, -0.2) is 0 Å². The van der Waals surface area contributed by atoms with Crippen molar-refractivity contribution in [3.8, 4) is 0 Å². The van der Waals surface area contributed by atoms with E-state index in [4.69, 9.17) is 0 Å². The fraction of sp³-hybridized carbons (Fsp3) is 0.727. The van der Waals surface area contributed by atoms with Crippen LogP contribution in [0.5, 0.6) is 0 Å². The Bertz CT molecular complexity index is 381. The van der Waals surface area contributed by atoms with Crippen molar-refractivity contribution in [3.05, 3.63) is 0 Å². The lowest BCUT2D eigenvalue weighted by atomic mass is 10.1. The Morgan fingerprint density at radius 2 is 1.89 bits per heavy atom. The summed E-state index contributed by atoms with van der Waals surface area (Å²) >= 11 is 4.67. The molecule has 7 heteroatoms. The molecule has 102 valence electrons. The van der Waals surface area contributed by atoms with E-state index >= 15 is 0 Å². The molecule has 1 heterocycles. The highest BCUT2D eigenvalue weighted by Gasteiger charge is 2.12. The van der Waals surface area contributed by atoms with Crippen LogP contribution in [0.2, 0.25) is 0 Å². The highest BCUT2D eigenvalue weighted by atomic mass is 32.2. The van der Waals surface area contributed by atoms with Gasteiger partial charge >= 0.3 is 0 Å². The predicted octanol–water partition coefficient (Wildman–Crippen LogP) is 2.90. The topological polar surface area (TPSA) is 54.9 Å². The van der Waals surface area contributed by atoms with E-state index in [1.54, 1.807) is 23.1 Å². The smallest absolute Gasteiger partial charge is 0.230 e. The van der Waals surface area contributed by atoms with Crippen molar-refractivity contribution in [2.75, 3.05) is 11.5 Å². The fourth-order valence-corrected chi connectivity index (χ4v) is 3.76. The van der Waals surface area contributed by atoms with Crippen LogP contribution in [0.1, 0.15) is 27.7 Å². The van der Waals surface area contributed by atoms with E-state index in [1.165, 1.54) is 11.8 Å². The lowest BCUT2D eigenvalue weighted by Gasteiger charge is -2.16. The summed E-state index contributed by atoms with van der Waals surface area (Å²) in [5, 5.41) is 11.1. The standard InChI is InChI=1S/C11H19N3OS3/c1-5-16-10-13-14-11(18-10)17-6-9(15)12-8(4)7(2)3/h7-8H,5-6H2,1-4H3,(H,12,15). The summed E-state index contributed by atoms with van der Waals surface area (Å²) < 4.78 is 1.83. The molecule has 0 aliphatic heterocycles. The molecule has 0 fully saturated rings. The molecule has 1 aromatic heterocycles. The molecule has 1 aromatic rings. The van der Waals surface area contributed by atoms with E-state index in [0.717, 1.165) is 14.4 Å². The highest BCUT2D eigenvalue weighted by Crippen LogP contribution is 2.28. The van der Waals surface area contributed by atoms with Gasteiger partial charge in [-0.1, -0.05) is 55.6 Å². The van der Waals surface area contributed by atoms with Crippen molar-refractivity contribution < 1.29 is 4.79 Å². The fourth-order valence-electron chi connectivity index (χ4n) is 1.03. The largest absolute Gasteiger partial charge is 0.353 e. The van der Waals surface area contributed by atoms with E-state index in [9.17, 15) is 4.79 Å². The van der Waals surface area contributed by atoms with Gasteiger partial charge in [-0.15, -0.1) is 10.2 Å². The van der Waals surface area contributed by atoms with Crippen LogP contribution in [0, 0.1) is 5.92 Å². The number of carbonyl (C=O) groups excluding carboxylic acids is 1. The molecule has 0 aliphatic rings. The SMILES string of the molecule is CCSc1nnc(SCC(=O)NC(C)C(C)C)s1. The zero-order valence-corrected chi connectivity index (χ0v) is 13.5. The van der Waals surface area contributed by atoms with Gasteiger partial charge in [-0.3, -0.25) is 4.79 Å². The van der Waals surface area contributed by atoms with Gasteiger partial charge in [0.1, 0.15) is 0 Å². The summed E-state index contributed by atoms with van der Waals surface area (Å²) in [6, 6.07) is 0.207. The third-order valence-corrected chi connectivity index (χ3v) is 5.44. The van der Waals surface area contributed by atoms with Gasteiger partial charge in [-0.2, -0.15) is 0 Å². The summed E-state index contributed by atoms with van der Waals surface area (Å²) in [6.45, 7) is 8.29. The summed E-state index contributed by atoms with van der Waals surface area (Å²) in [7, 11) is 0. The van der Waals surface area contributed by atoms with Gasteiger partial charge in [0.15, 0.2) is 8.68 Å². The van der Waals surface area contributed by atoms with E-state index in [-0.39, 0.29) is 11.9 Å². The number of thioether (sulfide) groups is 2. The lowest BCUT2D eigenvalue weighted by molar-refractivity contribution is -0.119. The first kappa shape index (κ1) is 15.8. The number of rotatable bonds is 7. The Hall–Kier alpha value is -0.270. The van der Waals surface area contributed by atoms with Crippen LogP contribution in [0.15, 0.2) is 8.68 Å². The molecule has 0 aliphatic carbocycles. The molecule has 1 amide bonds. The van der Waals surface area contributed by atoms with Gasteiger partial charge in [-0.05, 0) is 18.6 Å². The van der Waals surface area contributed by atoms with Gasteiger partial charge in [0.2, 0.25) is 5.91 Å². The number of carbonyl (C=O) groups is 1. The molecule has 4 nitrogen and oxygen atoms in total. The maximum atomic E-state index is 11.7. The maximum Gasteiger partial charge on any atom is 0.230 e. The normalized spacial score (nSPS) is 12.7. The predicted molar refractivity (Wildman–Crippen MR) is 79.5 cm³/mol. The van der Waals surface area contributed by atoms with Crippen LogP contribution in [0.4, 0.5) is 0 Å². The quantitative estimate of drug-likeness (QED) is 0.785. The molecular formula is C11H19N3OS3. The van der Waals surface area contributed by atoms with Crippen LogP contribution in [0.3, 0.4) is 0 Å². The summed E-state index contributed by atoms with van der Waals surface area (Å²) in [4.78, 5) is 11.7. The minimum atomic E-state index is 0.0566. The van der Waals surface area contributed by atoms with Crippen LogP contribution in [-0.4, -0.2) is 33.7 Å². The van der Waals surface area contributed by atoms with Gasteiger partial charge in [0, 0.05) is 6.04 Å². The second-order valence-electron chi connectivity index (χ2n) is 4.16. The number of aromatic nitrogens is 2. The minimum Gasteiger partial charge on any atom is -0.353 e. The Morgan fingerprint density at radius 1 is 1.28 bits per heavy atom. The number of amides is 1. The Balaban J connectivity index is 2.33. The average molecular weight is 305 g/mol. The van der Waals surface area contributed by atoms with Crippen molar-refractivity contribution in [1.82, 2.24) is 15.5 Å². The first-order valence-electron chi connectivity index (χ1n) is 5.91. The summed E-state index contributed by atoms with van der Waals surface area (Å²) in [5.41, 5.74) is 0. The summed E-state index contributed by atoms with van der Waals surface area (Å²) in [6.07, 6.45) is 0. The van der Waals surface area contributed by atoms with Crippen LogP contribution >= 0.6 is 34.9 Å². The number of hydrogen-bond donors (Lipinski definition) is 1. The Morgan fingerprint density at radius 3 is 2.44 bits per heavy atom. The molecule has 1 unspecified atom stereocenters. The third-order valence-electron chi connectivity index (χ3n) is 2.37. The number of nitrogens with one attached hydrogen (secondary N) is 1. The Labute approximate surface area is 121 Å². The van der Waals surface area contributed by atoms with Crippen molar-refractivity contribution in [2.45, 2.75) is 42.4 Å². The molecule has 0 spiro atoms. The molecule has 18 heavy (non-hydrogen) atoms. The molecular weight excluding hydrogens is 286 g/mol. The third kappa shape index (κ3) is 5.58. The van der Waals surface area contributed by atoms with Gasteiger partial charge in [0.05, 0.1) is 5.75 Å². The van der Waals surface area contributed by atoms with Gasteiger partial charge < -0.3 is 5.32 Å². The number of nitrogens with zero attached hydrogens (tertiary/aromatic N) is 2. The lowest BCUT2D eigenvalue weighted by Crippen LogP contribution is -2.37. The van der Waals surface area contributed by atoms with Crippen molar-refractivity contribution in [3.63, 3.8) is 0 Å². The zero-order chi connectivity index (χ0) is 13.5. The van der Waals surface area contributed by atoms with E-state index in [0.29, 0.717) is 11.7 Å². The maximum absolute atomic E-state index is 11.7. The minimum absolute atomic E-state index is 0.0566. The molecule has 1 atom stereocenters. The first-order chi connectivity index (χ1) is 8.52. The molecule has 0 saturated heterocycles. The number of hydrogen-bond acceptors (Lipinski definition) is 6. The van der Waals surface area contributed by atoms with Crippen molar-refractivity contribution in [2.24, 2.45) is 5.92 Å². The average Bonchev–Trinajstić information content (AvgIpc) is 2.74. The molecule has 1 N–H and O–H groups in total. The first-order valence-corrected chi connectivity index (χ1v) is 8.70. The molecule has 0 aromatic carbocycles. The van der Waals surface area contributed by atoms with E-state index in [1.807, 2.05) is 6.92 Å². The second kappa shape index (κ2) is 8.01. The molecule has 0 saturated carbocycles. The monoisotopic (exact) mass is 305 g/mol. The van der Waals surface area contributed by atoms with Crippen molar-refractivity contribution >= 4 is 40.8 Å². The summed E-state index contributed by atoms with van der Waals surface area (Å²) in [5.74, 6) is 1.91. The Kier molecular flexibility index (Phi) is 7.03. The molecule has 0 radical (unpaired) electrons. The highest BCUT2D eigenvalue weighted by molar-refractivity contribution is 8.03. The molecule has 1 rings (SSSR count). The zero-order valence-electron chi connectivity index (χ0n) is 11.1. The van der Waals surface area contributed by atoms with E-state index in [2.05, 4.69) is 36.3 Å². The van der Waals surface area contributed by atoms with Crippen molar-refractivity contribution in [1.29, 1.82) is 0 Å². The molecule has 0 bridgehead atoms. The van der Waals surface area contributed by atoms with Crippen LogP contribution < -0.4 is 5.32 Å².